The highest BCUT2D eigenvalue weighted by molar-refractivity contribution is 5.69. The third-order valence-corrected chi connectivity index (χ3v) is 2.91. The molecule has 4 nitrogen and oxygen atoms in total. The Kier molecular flexibility index (Phi) is 4.80. The highest BCUT2D eigenvalue weighted by Crippen LogP contribution is 2.24. The van der Waals surface area contributed by atoms with Crippen LogP contribution in [0.15, 0.2) is 0 Å². The van der Waals surface area contributed by atoms with Crippen molar-refractivity contribution in [1.29, 1.82) is 0 Å². The zero-order valence-electron chi connectivity index (χ0n) is 11.4. The monoisotopic (exact) mass is 243 g/mol. The summed E-state index contributed by atoms with van der Waals surface area (Å²) in [5.41, 5.74) is -0.472. The number of rotatable bonds is 3. The summed E-state index contributed by atoms with van der Waals surface area (Å²) >= 11 is 0. The normalized spacial score (nSPS) is 25.1. The molecule has 1 aliphatic heterocycles. The van der Waals surface area contributed by atoms with Gasteiger partial charge in [-0.2, -0.15) is 0 Å². The number of unbranched alkanes of at least 4 members (excludes halogenated alkanes) is 1. The van der Waals surface area contributed by atoms with Crippen LogP contribution in [0.4, 0.5) is 4.79 Å². The van der Waals surface area contributed by atoms with Gasteiger partial charge in [-0.3, -0.25) is 0 Å². The number of ether oxygens (including phenoxy) is 1. The minimum atomic E-state index is -0.472. The van der Waals surface area contributed by atoms with E-state index >= 15 is 0 Å². The summed E-state index contributed by atoms with van der Waals surface area (Å²) in [6.07, 6.45) is 3.12. The maximum absolute atomic E-state index is 12.0. The van der Waals surface area contributed by atoms with Gasteiger partial charge >= 0.3 is 6.09 Å². The average Bonchev–Trinajstić information content (AvgIpc) is 2.54. The summed E-state index contributed by atoms with van der Waals surface area (Å²) in [6.45, 7) is 8.11. The molecule has 1 rings (SSSR count). The first-order chi connectivity index (χ1) is 7.83. The van der Waals surface area contributed by atoms with Gasteiger partial charge in [-0.25, -0.2) is 4.79 Å². The molecule has 0 aromatic rings. The van der Waals surface area contributed by atoms with Crippen LogP contribution in [-0.2, 0) is 4.74 Å². The zero-order chi connectivity index (χ0) is 13.1. The van der Waals surface area contributed by atoms with Crippen molar-refractivity contribution in [3.05, 3.63) is 0 Å². The number of aliphatic hydroxyl groups excluding tert-OH is 1. The van der Waals surface area contributed by atoms with Crippen LogP contribution < -0.4 is 0 Å². The first kappa shape index (κ1) is 14.3. The van der Waals surface area contributed by atoms with Crippen molar-refractivity contribution in [3.63, 3.8) is 0 Å². The van der Waals surface area contributed by atoms with Gasteiger partial charge in [0.25, 0.3) is 0 Å². The molecule has 0 aromatic heterocycles. The highest BCUT2D eigenvalue weighted by atomic mass is 16.6. The third-order valence-electron chi connectivity index (χ3n) is 2.91. The number of β-amino-alcohol motifs (C(OH)–C–C–N with tert-alkyl or cyclic N) is 1. The van der Waals surface area contributed by atoms with E-state index in [1.807, 2.05) is 20.8 Å². The van der Waals surface area contributed by atoms with Crippen molar-refractivity contribution in [1.82, 2.24) is 4.90 Å². The molecule has 17 heavy (non-hydrogen) atoms. The molecule has 1 aliphatic rings. The van der Waals surface area contributed by atoms with Crippen LogP contribution in [0.3, 0.4) is 0 Å². The Hall–Kier alpha value is -0.770. The van der Waals surface area contributed by atoms with Gasteiger partial charge in [-0.1, -0.05) is 19.8 Å². The predicted octanol–water partition coefficient (Wildman–Crippen LogP) is 2.55. The van der Waals surface area contributed by atoms with Gasteiger partial charge in [-0.15, -0.1) is 0 Å². The van der Waals surface area contributed by atoms with E-state index in [1.165, 1.54) is 0 Å². The summed E-state index contributed by atoms with van der Waals surface area (Å²) < 4.78 is 5.36. The molecule has 100 valence electrons. The van der Waals surface area contributed by atoms with Crippen molar-refractivity contribution in [3.8, 4) is 0 Å². The minimum Gasteiger partial charge on any atom is -0.444 e. The lowest BCUT2D eigenvalue weighted by Gasteiger charge is -2.28. The first-order valence-electron chi connectivity index (χ1n) is 6.51. The molecule has 1 saturated heterocycles. The van der Waals surface area contributed by atoms with E-state index in [0.29, 0.717) is 13.0 Å². The Bertz CT molecular complexity index is 260. The molecular weight excluding hydrogens is 218 g/mol. The van der Waals surface area contributed by atoms with Crippen molar-refractivity contribution >= 4 is 6.09 Å². The van der Waals surface area contributed by atoms with Crippen molar-refractivity contribution in [2.45, 2.75) is 71.1 Å². The van der Waals surface area contributed by atoms with Gasteiger partial charge in [0.15, 0.2) is 0 Å². The molecule has 0 aliphatic carbocycles. The summed E-state index contributed by atoms with van der Waals surface area (Å²) in [4.78, 5) is 13.7. The first-order valence-corrected chi connectivity index (χ1v) is 6.51. The molecule has 1 fully saturated rings. The maximum Gasteiger partial charge on any atom is 0.410 e. The van der Waals surface area contributed by atoms with Gasteiger partial charge in [0.1, 0.15) is 5.60 Å². The summed E-state index contributed by atoms with van der Waals surface area (Å²) in [6, 6.07) is 0.139. The van der Waals surface area contributed by atoms with Crippen molar-refractivity contribution in [2.75, 3.05) is 6.54 Å². The second kappa shape index (κ2) is 5.71. The summed E-state index contributed by atoms with van der Waals surface area (Å²) in [7, 11) is 0. The van der Waals surface area contributed by atoms with Crippen LogP contribution in [0.25, 0.3) is 0 Å². The van der Waals surface area contributed by atoms with Crippen LogP contribution in [0.1, 0.15) is 53.4 Å². The quantitative estimate of drug-likeness (QED) is 0.828. The molecule has 0 saturated carbocycles. The molecule has 1 heterocycles. The van der Waals surface area contributed by atoms with E-state index in [2.05, 4.69) is 6.92 Å². The Morgan fingerprint density at radius 1 is 1.47 bits per heavy atom. The highest BCUT2D eigenvalue weighted by Gasteiger charge is 2.36. The Balaban J connectivity index is 2.57. The topological polar surface area (TPSA) is 49.8 Å². The fourth-order valence-corrected chi connectivity index (χ4v) is 2.15. The number of hydrogen-bond acceptors (Lipinski definition) is 3. The number of aliphatic hydroxyl groups is 1. The lowest BCUT2D eigenvalue weighted by molar-refractivity contribution is 0.0201. The van der Waals surface area contributed by atoms with Gasteiger partial charge in [0.2, 0.25) is 0 Å². The summed E-state index contributed by atoms with van der Waals surface area (Å²) in [5, 5.41) is 9.67. The molecular formula is C13H25NO3. The number of amides is 1. The number of carbonyl (C=O) groups is 1. The molecule has 1 amide bonds. The number of nitrogens with zero attached hydrogens (tertiary/aromatic N) is 1. The predicted molar refractivity (Wildman–Crippen MR) is 66.9 cm³/mol. The van der Waals surface area contributed by atoms with Crippen LogP contribution in [0.5, 0.6) is 0 Å². The molecule has 2 atom stereocenters. The molecule has 0 aromatic carbocycles. The van der Waals surface area contributed by atoms with Crippen molar-refractivity contribution in [2.24, 2.45) is 0 Å². The van der Waals surface area contributed by atoms with Gasteiger partial charge in [-0.05, 0) is 33.6 Å². The number of hydrogen-bond donors (Lipinski definition) is 1. The van der Waals surface area contributed by atoms with Crippen molar-refractivity contribution < 1.29 is 14.6 Å². The fraction of sp³-hybridized carbons (Fsp3) is 0.923. The van der Waals surface area contributed by atoms with Crippen LogP contribution >= 0.6 is 0 Å². The molecule has 0 unspecified atom stereocenters. The number of carbonyl (C=O) groups excluding carboxylic acids is 1. The second-order valence-corrected chi connectivity index (χ2v) is 5.82. The third kappa shape index (κ3) is 4.54. The molecule has 0 radical (unpaired) electrons. The Labute approximate surface area is 104 Å². The summed E-state index contributed by atoms with van der Waals surface area (Å²) in [5.74, 6) is 0. The van der Waals surface area contributed by atoms with E-state index in [9.17, 15) is 9.90 Å². The SMILES string of the molecule is CCCC[C@H]1C[C@H](O)CN1C(=O)OC(C)(C)C. The van der Waals surface area contributed by atoms with Crippen LogP contribution in [-0.4, -0.2) is 40.4 Å². The molecule has 0 spiro atoms. The lowest BCUT2D eigenvalue weighted by atomic mass is 10.1. The standard InChI is InChI=1S/C13H25NO3/c1-5-6-7-10-8-11(15)9-14(10)12(16)17-13(2,3)4/h10-11,15H,5-9H2,1-4H3/t10-,11-/m0/s1. The van der Waals surface area contributed by atoms with E-state index in [-0.39, 0.29) is 12.1 Å². The van der Waals surface area contributed by atoms with E-state index in [1.54, 1.807) is 4.90 Å². The number of likely N-dealkylation sites (tertiary alicyclic amines) is 1. The Morgan fingerprint density at radius 2 is 2.12 bits per heavy atom. The van der Waals surface area contributed by atoms with Gasteiger partial charge in [0.05, 0.1) is 12.6 Å². The smallest absolute Gasteiger partial charge is 0.410 e. The maximum atomic E-state index is 12.0. The van der Waals surface area contributed by atoms with E-state index < -0.39 is 11.7 Å². The minimum absolute atomic E-state index is 0.139. The Morgan fingerprint density at radius 3 is 2.65 bits per heavy atom. The second-order valence-electron chi connectivity index (χ2n) is 5.82. The molecule has 4 heteroatoms. The molecule has 0 bridgehead atoms. The lowest BCUT2D eigenvalue weighted by Crippen LogP contribution is -2.40. The van der Waals surface area contributed by atoms with E-state index in [0.717, 1.165) is 19.3 Å². The fourth-order valence-electron chi connectivity index (χ4n) is 2.15. The van der Waals surface area contributed by atoms with E-state index in [4.69, 9.17) is 4.74 Å². The van der Waals surface area contributed by atoms with Gasteiger partial charge < -0.3 is 14.7 Å². The van der Waals surface area contributed by atoms with Crippen LogP contribution in [0.2, 0.25) is 0 Å². The zero-order valence-corrected chi connectivity index (χ0v) is 11.4. The average molecular weight is 243 g/mol. The largest absolute Gasteiger partial charge is 0.444 e. The van der Waals surface area contributed by atoms with Gasteiger partial charge in [0, 0.05) is 6.04 Å². The van der Waals surface area contributed by atoms with Crippen LogP contribution in [0, 0.1) is 0 Å². The molecule has 1 N–H and O–H groups in total.